The maximum atomic E-state index is 12.1. The first-order valence-corrected chi connectivity index (χ1v) is 6.94. The monoisotopic (exact) mass is 314 g/mol. The minimum atomic E-state index is -0.955. The quantitative estimate of drug-likeness (QED) is 0.835. The van der Waals surface area contributed by atoms with Crippen LogP contribution in [0, 0.1) is 5.92 Å². The molecular formula is C14H19ClN2O4. The lowest BCUT2D eigenvalue weighted by atomic mass is 10.2. The van der Waals surface area contributed by atoms with Crippen LogP contribution in [0.4, 0.5) is 0 Å². The molecular weight excluding hydrogens is 296 g/mol. The first kappa shape index (κ1) is 17.2. The molecule has 1 aromatic rings. The molecule has 0 aromatic carbocycles. The van der Waals surface area contributed by atoms with Crippen molar-refractivity contribution in [2.24, 2.45) is 5.92 Å². The molecule has 0 fully saturated rings. The number of aromatic nitrogens is 1. The van der Waals surface area contributed by atoms with E-state index in [0.29, 0.717) is 18.1 Å². The summed E-state index contributed by atoms with van der Waals surface area (Å²) in [6.07, 6.45) is 1.26. The Hall–Kier alpha value is -1.82. The van der Waals surface area contributed by atoms with Crippen molar-refractivity contribution in [2.75, 3.05) is 20.2 Å². The van der Waals surface area contributed by atoms with Crippen LogP contribution in [0.1, 0.15) is 30.6 Å². The zero-order valence-electron chi connectivity index (χ0n) is 12.3. The van der Waals surface area contributed by atoms with Gasteiger partial charge >= 0.3 is 5.97 Å². The molecule has 0 aliphatic heterocycles. The van der Waals surface area contributed by atoms with Gasteiger partial charge in [-0.1, -0.05) is 25.4 Å². The molecule has 116 valence electrons. The fourth-order valence-corrected chi connectivity index (χ4v) is 1.70. The maximum absolute atomic E-state index is 12.1. The van der Waals surface area contributed by atoms with Gasteiger partial charge in [0.2, 0.25) is 5.88 Å². The van der Waals surface area contributed by atoms with Gasteiger partial charge in [0.25, 0.3) is 5.91 Å². The number of aliphatic carboxylic acids is 1. The Morgan fingerprint density at radius 2 is 2.14 bits per heavy atom. The van der Waals surface area contributed by atoms with Gasteiger partial charge < -0.3 is 14.7 Å². The van der Waals surface area contributed by atoms with Gasteiger partial charge in [-0.3, -0.25) is 9.59 Å². The Bertz CT molecular complexity index is 520. The third kappa shape index (κ3) is 5.59. The summed E-state index contributed by atoms with van der Waals surface area (Å²) in [5.41, 5.74) is 0.296. The molecule has 1 N–H and O–H groups in total. The van der Waals surface area contributed by atoms with E-state index in [4.69, 9.17) is 21.4 Å². The van der Waals surface area contributed by atoms with Crippen LogP contribution in [0.3, 0.4) is 0 Å². The van der Waals surface area contributed by atoms with Crippen molar-refractivity contribution in [1.29, 1.82) is 0 Å². The molecule has 0 unspecified atom stereocenters. The normalized spacial score (nSPS) is 10.5. The number of amides is 1. The average Bonchev–Trinajstić information content (AvgIpc) is 2.42. The van der Waals surface area contributed by atoms with E-state index in [2.05, 4.69) is 4.98 Å². The Labute approximate surface area is 128 Å². The minimum Gasteiger partial charge on any atom is -0.481 e. The smallest absolute Gasteiger partial charge is 0.305 e. The van der Waals surface area contributed by atoms with E-state index in [0.717, 1.165) is 0 Å². The van der Waals surface area contributed by atoms with Crippen LogP contribution in [0.25, 0.3) is 0 Å². The highest BCUT2D eigenvalue weighted by atomic mass is 35.5. The number of pyridine rings is 1. The van der Waals surface area contributed by atoms with Crippen molar-refractivity contribution in [3.8, 4) is 5.88 Å². The van der Waals surface area contributed by atoms with Crippen LogP contribution in [0.2, 0.25) is 5.02 Å². The molecule has 1 rings (SSSR count). The van der Waals surface area contributed by atoms with Crippen molar-refractivity contribution in [3.05, 3.63) is 22.8 Å². The fraction of sp³-hybridized carbons (Fsp3) is 0.500. The van der Waals surface area contributed by atoms with Crippen LogP contribution >= 0.6 is 11.6 Å². The number of carbonyl (C=O) groups excluding carboxylic acids is 1. The van der Waals surface area contributed by atoms with E-state index >= 15 is 0 Å². The number of carboxylic acid groups (broad SMARTS) is 1. The second kappa shape index (κ2) is 7.83. The van der Waals surface area contributed by atoms with Crippen LogP contribution in [-0.4, -0.2) is 47.1 Å². The summed E-state index contributed by atoms with van der Waals surface area (Å²) in [4.78, 5) is 27.9. The van der Waals surface area contributed by atoms with Crippen LogP contribution in [-0.2, 0) is 4.79 Å². The lowest BCUT2D eigenvalue weighted by molar-refractivity contribution is -0.137. The van der Waals surface area contributed by atoms with E-state index in [-0.39, 0.29) is 29.8 Å². The summed E-state index contributed by atoms with van der Waals surface area (Å²) < 4.78 is 5.43. The summed E-state index contributed by atoms with van der Waals surface area (Å²) in [6, 6.07) is 1.48. The largest absolute Gasteiger partial charge is 0.481 e. The summed E-state index contributed by atoms with van der Waals surface area (Å²) in [6.45, 7) is 4.61. The second-order valence-electron chi connectivity index (χ2n) is 5.09. The second-order valence-corrected chi connectivity index (χ2v) is 5.49. The predicted octanol–water partition coefficient (Wildman–Crippen LogP) is 2.32. The van der Waals surface area contributed by atoms with Crippen LogP contribution in [0.5, 0.6) is 5.88 Å². The first-order chi connectivity index (χ1) is 9.81. The molecule has 0 bridgehead atoms. The lowest BCUT2D eigenvalue weighted by Gasteiger charge is -2.16. The molecule has 0 aliphatic carbocycles. The summed E-state index contributed by atoms with van der Waals surface area (Å²) in [5, 5.41) is 8.87. The molecule has 0 saturated carbocycles. The van der Waals surface area contributed by atoms with Crippen LogP contribution < -0.4 is 4.74 Å². The van der Waals surface area contributed by atoms with E-state index in [1.165, 1.54) is 24.2 Å². The average molecular weight is 315 g/mol. The summed E-state index contributed by atoms with van der Waals surface area (Å²) in [7, 11) is 1.53. The van der Waals surface area contributed by atoms with Gasteiger partial charge in [0.1, 0.15) is 5.02 Å². The molecule has 1 aromatic heterocycles. The number of carbonyl (C=O) groups is 2. The number of ether oxygens (including phenoxy) is 1. The molecule has 7 heteroatoms. The standard InChI is InChI=1S/C14H19ClN2O4/c1-9(2)8-21-13-11(15)6-10(7-16-13)14(20)17(3)5-4-12(18)19/h6-7,9H,4-5,8H2,1-3H3,(H,18,19). The predicted molar refractivity (Wildman–Crippen MR) is 78.8 cm³/mol. The zero-order valence-corrected chi connectivity index (χ0v) is 13.1. The highest BCUT2D eigenvalue weighted by Crippen LogP contribution is 2.23. The van der Waals surface area contributed by atoms with Crippen molar-refractivity contribution in [3.63, 3.8) is 0 Å². The molecule has 0 radical (unpaired) electrons. The number of nitrogens with zero attached hydrogens (tertiary/aromatic N) is 2. The van der Waals surface area contributed by atoms with Gasteiger partial charge in [-0.15, -0.1) is 0 Å². The molecule has 1 heterocycles. The van der Waals surface area contributed by atoms with E-state index < -0.39 is 5.97 Å². The molecule has 1 amide bonds. The lowest BCUT2D eigenvalue weighted by Crippen LogP contribution is -2.29. The number of halogens is 1. The maximum Gasteiger partial charge on any atom is 0.305 e. The third-order valence-electron chi connectivity index (χ3n) is 2.62. The molecule has 0 aliphatic rings. The minimum absolute atomic E-state index is 0.112. The van der Waals surface area contributed by atoms with Crippen LogP contribution in [0.15, 0.2) is 12.3 Å². The number of hydrogen-bond acceptors (Lipinski definition) is 4. The molecule has 0 atom stereocenters. The Morgan fingerprint density at radius 1 is 1.48 bits per heavy atom. The first-order valence-electron chi connectivity index (χ1n) is 6.57. The van der Waals surface area contributed by atoms with Crippen molar-refractivity contribution < 1.29 is 19.4 Å². The van der Waals surface area contributed by atoms with Gasteiger partial charge in [-0.25, -0.2) is 4.98 Å². The highest BCUT2D eigenvalue weighted by molar-refractivity contribution is 6.32. The van der Waals surface area contributed by atoms with E-state index in [1.54, 1.807) is 0 Å². The topological polar surface area (TPSA) is 79.7 Å². The van der Waals surface area contributed by atoms with Crippen molar-refractivity contribution >= 4 is 23.5 Å². The Kier molecular flexibility index (Phi) is 6.42. The van der Waals surface area contributed by atoms with Gasteiger partial charge in [0.15, 0.2) is 0 Å². The molecule has 0 saturated heterocycles. The third-order valence-corrected chi connectivity index (χ3v) is 2.89. The number of rotatable bonds is 7. The fourth-order valence-electron chi connectivity index (χ4n) is 1.48. The van der Waals surface area contributed by atoms with Gasteiger partial charge in [0.05, 0.1) is 18.6 Å². The summed E-state index contributed by atoms with van der Waals surface area (Å²) >= 11 is 6.04. The van der Waals surface area contributed by atoms with Gasteiger partial charge in [-0.2, -0.15) is 0 Å². The highest BCUT2D eigenvalue weighted by Gasteiger charge is 2.15. The van der Waals surface area contributed by atoms with E-state index in [9.17, 15) is 9.59 Å². The van der Waals surface area contributed by atoms with Crippen molar-refractivity contribution in [1.82, 2.24) is 9.88 Å². The molecule has 21 heavy (non-hydrogen) atoms. The van der Waals surface area contributed by atoms with Crippen molar-refractivity contribution in [2.45, 2.75) is 20.3 Å². The van der Waals surface area contributed by atoms with Gasteiger partial charge in [-0.05, 0) is 12.0 Å². The number of hydrogen-bond donors (Lipinski definition) is 1. The van der Waals surface area contributed by atoms with Gasteiger partial charge in [0, 0.05) is 19.8 Å². The molecule has 0 spiro atoms. The SMILES string of the molecule is CC(C)COc1ncc(C(=O)N(C)CCC(=O)O)cc1Cl. The molecule has 6 nitrogen and oxygen atoms in total. The number of carboxylic acids is 1. The Balaban J connectivity index is 2.73. The summed E-state index contributed by atoms with van der Waals surface area (Å²) in [5.74, 6) is -0.661. The van der Waals surface area contributed by atoms with E-state index in [1.807, 2.05) is 13.8 Å². The Morgan fingerprint density at radius 3 is 2.67 bits per heavy atom. The zero-order chi connectivity index (χ0) is 16.0.